The Hall–Kier alpha value is -1.87. The van der Waals surface area contributed by atoms with Gasteiger partial charge in [-0.3, -0.25) is 4.98 Å². The Kier molecular flexibility index (Phi) is 2.99. The molecule has 1 aromatic carbocycles. The Morgan fingerprint density at radius 2 is 2.06 bits per heavy atom. The fraction of sp³-hybridized carbons (Fsp3) is 0.267. The zero-order valence-electron chi connectivity index (χ0n) is 10.1. The number of aryl methyl sites for hydroxylation is 1. The van der Waals surface area contributed by atoms with Crippen molar-refractivity contribution in [3.05, 3.63) is 59.4 Å². The minimum Gasteiger partial charge on any atom is -0.508 e. The van der Waals surface area contributed by atoms with E-state index >= 15 is 0 Å². The molecule has 1 unspecified atom stereocenters. The number of aromatic hydroxyl groups is 1. The van der Waals surface area contributed by atoms with Crippen LogP contribution in [-0.4, -0.2) is 10.1 Å². The summed E-state index contributed by atoms with van der Waals surface area (Å²) in [4.78, 5) is 4.46. The van der Waals surface area contributed by atoms with Crippen LogP contribution in [0.5, 0.6) is 5.75 Å². The Morgan fingerprint density at radius 3 is 2.89 bits per heavy atom. The van der Waals surface area contributed by atoms with E-state index in [2.05, 4.69) is 16.4 Å². The smallest absolute Gasteiger partial charge is 0.115 e. The third kappa shape index (κ3) is 2.22. The molecular formula is C15H16N2O. The van der Waals surface area contributed by atoms with Gasteiger partial charge in [0.15, 0.2) is 0 Å². The van der Waals surface area contributed by atoms with E-state index in [1.807, 2.05) is 24.4 Å². The van der Waals surface area contributed by atoms with Crippen molar-refractivity contribution in [2.45, 2.75) is 25.4 Å². The van der Waals surface area contributed by atoms with Gasteiger partial charge in [0.05, 0.1) is 11.7 Å². The lowest BCUT2D eigenvalue weighted by molar-refractivity contribution is 0.474. The van der Waals surface area contributed by atoms with Crippen LogP contribution in [0, 0.1) is 0 Å². The van der Waals surface area contributed by atoms with Gasteiger partial charge in [-0.2, -0.15) is 0 Å². The maximum Gasteiger partial charge on any atom is 0.115 e. The maximum absolute atomic E-state index is 9.24. The van der Waals surface area contributed by atoms with Crippen LogP contribution in [0.1, 0.15) is 29.3 Å². The molecule has 1 aliphatic rings. The molecule has 0 aliphatic heterocycles. The number of nitrogens with zero attached hydrogens (tertiary/aromatic N) is 1. The minimum atomic E-state index is 0.312. The SMILES string of the molecule is Oc1ccc(CNC2CCc3cccnc32)cc1. The number of hydrogen-bond donors (Lipinski definition) is 2. The second kappa shape index (κ2) is 4.78. The standard InChI is InChI=1S/C15H16N2O/c18-13-6-3-11(4-7-13)10-17-14-8-5-12-2-1-9-16-15(12)14/h1-4,6-7,9,14,17-18H,5,8,10H2. The molecule has 3 rings (SSSR count). The van der Waals surface area contributed by atoms with Gasteiger partial charge in [0.1, 0.15) is 5.75 Å². The van der Waals surface area contributed by atoms with E-state index in [0.29, 0.717) is 11.8 Å². The average Bonchev–Trinajstić information content (AvgIpc) is 2.82. The Bertz CT molecular complexity index is 536. The summed E-state index contributed by atoms with van der Waals surface area (Å²) in [5.74, 6) is 0.312. The van der Waals surface area contributed by atoms with Crippen LogP contribution in [0.3, 0.4) is 0 Å². The second-order valence-corrected chi connectivity index (χ2v) is 4.69. The number of rotatable bonds is 3. The second-order valence-electron chi connectivity index (χ2n) is 4.69. The Morgan fingerprint density at radius 1 is 1.22 bits per heavy atom. The molecule has 0 bridgehead atoms. The lowest BCUT2D eigenvalue weighted by Gasteiger charge is -2.13. The van der Waals surface area contributed by atoms with Gasteiger partial charge in [-0.25, -0.2) is 0 Å². The summed E-state index contributed by atoms with van der Waals surface area (Å²) in [6.45, 7) is 0.807. The topological polar surface area (TPSA) is 45.1 Å². The van der Waals surface area contributed by atoms with E-state index < -0.39 is 0 Å². The van der Waals surface area contributed by atoms with E-state index in [-0.39, 0.29) is 0 Å². The molecule has 1 atom stereocenters. The van der Waals surface area contributed by atoms with Crippen LogP contribution in [0.15, 0.2) is 42.6 Å². The third-order valence-corrected chi connectivity index (χ3v) is 3.45. The van der Waals surface area contributed by atoms with Crippen molar-refractivity contribution >= 4 is 0 Å². The lowest BCUT2D eigenvalue weighted by atomic mass is 10.1. The molecule has 1 heterocycles. The first-order valence-electron chi connectivity index (χ1n) is 6.28. The molecule has 1 aliphatic carbocycles. The zero-order valence-corrected chi connectivity index (χ0v) is 10.1. The highest BCUT2D eigenvalue weighted by Gasteiger charge is 2.22. The van der Waals surface area contributed by atoms with Crippen LogP contribution in [0.2, 0.25) is 0 Å². The van der Waals surface area contributed by atoms with E-state index in [1.54, 1.807) is 12.1 Å². The van der Waals surface area contributed by atoms with Crippen molar-refractivity contribution in [2.24, 2.45) is 0 Å². The molecular weight excluding hydrogens is 224 g/mol. The van der Waals surface area contributed by atoms with Crippen molar-refractivity contribution in [2.75, 3.05) is 0 Å². The van der Waals surface area contributed by atoms with E-state index in [0.717, 1.165) is 19.4 Å². The summed E-state index contributed by atoms with van der Waals surface area (Å²) >= 11 is 0. The van der Waals surface area contributed by atoms with Gasteiger partial charge in [0.2, 0.25) is 0 Å². The summed E-state index contributed by atoms with van der Waals surface area (Å²) in [5.41, 5.74) is 3.73. The first kappa shape index (κ1) is 11.2. The normalized spacial score (nSPS) is 17.7. The third-order valence-electron chi connectivity index (χ3n) is 3.45. The van der Waals surface area contributed by atoms with E-state index in [9.17, 15) is 5.11 Å². The zero-order chi connectivity index (χ0) is 12.4. The number of hydrogen-bond acceptors (Lipinski definition) is 3. The molecule has 18 heavy (non-hydrogen) atoms. The van der Waals surface area contributed by atoms with Gasteiger partial charge in [0, 0.05) is 12.7 Å². The number of benzene rings is 1. The summed E-state index contributed by atoms with van der Waals surface area (Å²) in [7, 11) is 0. The van der Waals surface area contributed by atoms with Gasteiger partial charge < -0.3 is 10.4 Å². The quantitative estimate of drug-likeness (QED) is 0.866. The number of nitrogens with one attached hydrogen (secondary N) is 1. The average molecular weight is 240 g/mol. The number of fused-ring (bicyclic) bond motifs is 1. The summed E-state index contributed by atoms with van der Waals surface area (Å²) in [6, 6.07) is 11.8. The summed E-state index contributed by atoms with van der Waals surface area (Å²) < 4.78 is 0. The van der Waals surface area contributed by atoms with Crippen LogP contribution in [0.4, 0.5) is 0 Å². The molecule has 0 radical (unpaired) electrons. The molecule has 0 saturated carbocycles. The lowest BCUT2D eigenvalue weighted by Crippen LogP contribution is -2.19. The van der Waals surface area contributed by atoms with Crippen molar-refractivity contribution in [3.8, 4) is 5.75 Å². The molecule has 92 valence electrons. The molecule has 1 aromatic heterocycles. The van der Waals surface area contributed by atoms with Gasteiger partial charge >= 0.3 is 0 Å². The van der Waals surface area contributed by atoms with Crippen molar-refractivity contribution in [1.82, 2.24) is 10.3 Å². The minimum absolute atomic E-state index is 0.312. The number of phenolic OH excluding ortho intramolecular Hbond substituents is 1. The van der Waals surface area contributed by atoms with Gasteiger partial charge in [-0.15, -0.1) is 0 Å². The highest BCUT2D eigenvalue weighted by Crippen LogP contribution is 2.29. The Balaban J connectivity index is 1.67. The summed E-state index contributed by atoms with van der Waals surface area (Å²) in [5, 5.41) is 12.8. The number of phenols is 1. The van der Waals surface area contributed by atoms with Crippen LogP contribution < -0.4 is 5.32 Å². The molecule has 3 heteroatoms. The van der Waals surface area contributed by atoms with Crippen molar-refractivity contribution < 1.29 is 5.11 Å². The molecule has 0 fully saturated rings. The van der Waals surface area contributed by atoms with E-state index in [4.69, 9.17) is 0 Å². The van der Waals surface area contributed by atoms with Crippen molar-refractivity contribution in [3.63, 3.8) is 0 Å². The molecule has 0 amide bonds. The first-order valence-corrected chi connectivity index (χ1v) is 6.28. The molecule has 3 nitrogen and oxygen atoms in total. The highest BCUT2D eigenvalue weighted by molar-refractivity contribution is 5.29. The van der Waals surface area contributed by atoms with Gasteiger partial charge in [-0.05, 0) is 42.2 Å². The fourth-order valence-corrected chi connectivity index (χ4v) is 2.47. The van der Waals surface area contributed by atoms with Crippen LogP contribution in [-0.2, 0) is 13.0 Å². The van der Waals surface area contributed by atoms with Crippen LogP contribution in [0.25, 0.3) is 0 Å². The number of pyridine rings is 1. The summed E-state index contributed by atoms with van der Waals surface area (Å²) in [6.07, 6.45) is 4.08. The fourth-order valence-electron chi connectivity index (χ4n) is 2.47. The molecule has 2 N–H and O–H groups in total. The van der Waals surface area contributed by atoms with Gasteiger partial charge in [0.25, 0.3) is 0 Å². The number of aromatic nitrogens is 1. The largest absolute Gasteiger partial charge is 0.508 e. The predicted octanol–water partition coefficient (Wildman–Crippen LogP) is 2.56. The molecule has 0 spiro atoms. The monoisotopic (exact) mass is 240 g/mol. The van der Waals surface area contributed by atoms with Crippen LogP contribution >= 0.6 is 0 Å². The Labute approximate surface area is 107 Å². The molecule has 0 saturated heterocycles. The predicted molar refractivity (Wildman–Crippen MR) is 70.2 cm³/mol. The highest BCUT2D eigenvalue weighted by atomic mass is 16.3. The first-order chi connectivity index (χ1) is 8.83. The van der Waals surface area contributed by atoms with E-state index in [1.165, 1.54) is 16.8 Å². The maximum atomic E-state index is 9.24. The molecule has 2 aromatic rings. The van der Waals surface area contributed by atoms with Gasteiger partial charge in [-0.1, -0.05) is 18.2 Å². The van der Waals surface area contributed by atoms with Crippen molar-refractivity contribution in [1.29, 1.82) is 0 Å².